The van der Waals surface area contributed by atoms with Gasteiger partial charge in [-0.15, -0.1) is 0 Å². The van der Waals surface area contributed by atoms with E-state index < -0.39 is 0 Å². The molecule has 6 heteroatoms. The van der Waals surface area contributed by atoms with Crippen LogP contribution < -0.4 is 5.32 Å². The third-order valence-electron chi connectivity index (χ3n) is 2.79. The lowest BCUT2D eigenvalue weighted by atomic mass is 10.3. The fourth-order valence-corrected chi connectivity index (χ4v) is 1.85. The number of aldehydes is 1. The maximum absolute atomic E-state index is 10.9. The number of carbonyl (C=O) groups is 1. The van der Waals surface area contributed by atoms with Gasteiger partial charge in [0.25, 0.3) is 0 Å². The zero-order valence-electron chi connectivity index (χ0n) is 10.8. The molecule has 0 atom stereocenters. The zero-order valence-corrected chi connectivity index (χ0v) is 11.6. The van der Waals surface area contributed by atoms with Gasteiger partial charge in [0.1, 0.15) is 17.3 Å². The number of halogens is 1. The van der Waals surface area contributed by atoms with E-state index in [4.69, 9.17) is 11.6 Å². The molecule has 0 spiro atoms. The molecule has 0 unspecified atom stereocenters. The molecule has 0 saturated heterocycles. The van der Waals surface area contributed by atoms with Crippen LogP contribution in [-0.2, 0) is 0 Å². The van der Waals surface area contributed by atoms with Crippen LogP contribution in [-0.4, -0.2) is 47.3 Å². The van der Waals surface area contributed by atoms with Gasteiger partial charge in [0.05, 0.1) is 5.56 Å². The van der Waals surface area contributed by atoms with Gasteiger partial charge < -0.3 is 10.2 Å². The van der Waals surface area contributed by atoms with Crippen molar-refractivity contribution >= 4 is 23.7 Å². The van der Waals surface area contributed by atoms with Gasteiger partial charge in [-0.1, -0.05) is 25.4 Å². The predicted octanol–water partition coefficient (Wildman–Crippen LogP) is 2.09. The predicted molar refractivity (Wildman–Crippen MR) is 73.3 cm³/mol. The van der Waals surface area contributed by atoms with Crippen LogP contribution in [0.25, 0.3) is 0 Å². The Labute approximate surface area is 113 Å². The normalized spacial score (nSPS) is 10.7. The van der Waals surface area contributed by atoms with Crippen LogP contribution in [0.1, 0.15) is 30.6 Å². The molecule has 100 valence electrons. The molecule has 0 aliphatic heterocycles. The van der Waals surface area contributed by atoms with Crippen molar-refractivity contribution in [2.24, 2.45) is 0 Å². The fraction of sp³-hybridized carbons (Fsp3) is 0.583. The van der Waals surface area contributed by atoms with Gasteiger partial charge in [-0.3, -0.25) is 4.79 Å². The van der Waals surface area contributed by atoms with Gasteiger partial charge in [-0.05, 0) is 26.1 Å². The molecule has 1 N–H and O–H groups in total. The van der Waals surface area contributed by atoms with E-state index in [0.29, 0.717) is 17.7 Å². The van der Waals surface area contributed by atoms with E-state index in [9.17, 15) is 4.79 Å². The summed E-state index contributed by atoms with van der Waals surface area (Å²) in [5.74, 6) is 0.504. The Kier molecular flexibility index (Phi) is 6.60. The number of anilines is 1. The minimum atomic E-state index is 0.186. The number of aromatic nitrogens is 2. The summed E-state index contributed by atoms with van der Waals surface area (Å²) < 4.78 is 0. The maximum atomic E-state index is 10.9. The highest BCUT2D eigenvalue weighted by Crippen LogP contribution is 2.16. The van der Waals surface area contributed by atoms with Crippen LogP contribution in [0, 0.1) is 0 Å². The number of nitrogens with one attached hydrogen (secondary N) is 1. The first-order chi connectivity index (χ1) is 8.72. The highest BCUT2D eigenvalue weighted by atomic mass is 35.5. The van der Waals surface area contributed by atoms with E-state index in [2.05, 4.69) is 34.0 Å². The molecule has 0 fully saturated rings. The van der Waals surface area contributed by atoms with Crippen molar-refractivity contribution in [2.45, 2.75) is 20.3 Å². The van der Waals surface area contributed by atoms with Crippen molar-refractivity contribution in [3.63, 3.8) is 0 Å². The highest BCUT2D eigenvalue weighted by molar-refractivity contribution is 6.32. The minimum absolute atomic E-state index is 0.186. The number of hydrogen-bond donors (Lipinski definition) is 1. The monoisotopic (exact) mass is 270 g/mol. The molecule has 5 nitrogen and oxygen atoms in total. The molecule has 0 aliphatic carbocycles. The molecule has 0 saturated carbocycles. The molecule has 18 heavy (non-hydrogen) atoms. The second-order valence-corrected chi connectivity index (χ2v) is 4.21. The number of hydrogen-bond acceptors (Lipinski definition) is 5. The Morgan fingerprint density at radius 1 is 1.39 bits per heavy atom. The molecule has 1 heterocycles. The summed E-state index contributed by atoms with van der Waals surface area (Å²) in [6.07, 6.45) is 3.01. The lowest BCUT2D eigenvalue weighted by Crippen LogP contribution is -2.25. The van der Waals surface area contributed by atoms with Crippen LogP contribution in [0.5, 0.6) is 0 Å². The Morgan fingerprint density at radius 2 is 2.11 bits per heavy atom. The summed E-state index contributed by atoms with van der Waals surface area (Å²) >= 11 is 5.81. The summed E-state index contributed by atoms with van der Waals surface area (Å²) in [5.41, 5.74) is 0.321. The van der Waals surface area contributed by atoms with Crippen LogP contribution in [0.4, 0.5) is 5.82 Å². The molecule has 0 amide bonds. The molecule has 1 rings (SSSR count). The molecule has 0 aliphatic rings. The zero-order chi connectivity index (χ0) is 13.4. The first kappa shape index (κ1) is 14.9. The topological polar surface area (TPSA) is 58.1 Å². The summed E-state index contributed by atoms with van der Waals surface area (Å²) in [6.45, 7) is 8.17. The first-order valence-electron chi connectivity index (χ1n) is 6.14. The van der Waals surface area contributed by atoms with Crippen LogP contribution in [0.3, 0.4) is 0 Å². The van der Waals surface area contributed by atoms with E-state index in [-0.39, 0.29) is 5.15 Å². The van der Waals surface area contributed by atoms with Gasteiger partial charge in [0, 0.05) is 6.54 Å². The second-order valence-electron chi connectivity index (χ2n) is 3.85. The van der Waals surface area contributed by atoms with E-state index in [1.807, 2.05) is 0 Å². The Morgan fingerprint density at radius 3 is 2.72 bits per heavy atom. The van der Waals surface area contributed by atoms with Crippen LogP contribution in [0.2, 0.25) is 5.15 Å². The third-order valence-corrected chi connectivity index (χ3v) is 3.09. The standard InChI is InChI=1S/C12H19ClN4O/c1-3-17(4-2)7-5-6-14-12-10(8-18)11(13)15-9-16-12/h8-9H,3-7H2,1-2H3,(H,14,15,16). The van der Waals surface area contributed by atoms with E-state index in [1.165, 1.54) is 6.33 Å². The van der Waals surface area contributed by atoms with Gasteiger partial charge in [-0.2, -0.15) is 0 Å². The van der Waals surface area contributed by atoms with E-state index in [0.717, 1.165) is 32.6 Å². The second kappa shape index (κ2) is 8.00. The van der Waals surface area contributed by atoms with Gasteiger partial charge in [0.15, 0.2) is 6.29 Å². The van der Waals surface area contributed by atoms with Gasteiger partial charge in [-0.25, -0.2) is 9.97 Å². The Hall–Kier alpha value is -1.20. The maximum Gasteiger partial charge on any atom is 0.156 e. The molecule has 0 bridgehead atoms. The van der Waals surface area contributed by atoms with Crippen molar-refractivity contribution < 1.29 is 4.79 Å². The molecule has 1 aromatic rings. The average Bonchev–Trinajstić information content (AvgIpc) is 2.39. The number of nitrogens with zero attached hydrogens (tertiary/aromatic N) is 3. The molecular formula is C12H19ClN4O. The lowest BCUT2D eigenvalue weighted by Gasteiger charge is -2.17. The summed E-state index contributed by atoms with van der Waals surface area (Å²) in [5, 5.41) is 3.30. The molecular weight excluding hydrogens is 252 g/mol. The summed E-state index contributed by atoms with van der Waals surface area (Å²) in [4.78, 5) is 21.0. The smallest absolute Gasteiger partial charge is 0.156 e. The van der Waals surface area contributed by atoms with Crippen LogP contribution >= 0.6 is 11.6 Å². The SMILES string of the molecule is CCN(CC)CCCNc1ncnc(Cl)c1C=O. The van der Waals surface area contributed by atoms with E-state index >= 15 is 0 Å². The van der Waals surface area contributed by atoms with Crippen molar-refractivity contribution in [1.82, 2.24) is 14.9 Å². The van der Waals surface area contributed by atoms with Crippen molar-refractivity contribution in [2.75, 3.05) is 31.5 Å². The lowest BCUT2D eigenvalue weighted by molar-refractivity contribution is 0.112. The Balaban J connectivity index is 2.44. The summed E-state index contributed by atoms with van der Waals surface area (Å²) in [7, 11) is 0. The van der Waals surface area contributed by atoms with Gasteiger partial charge >= 0.3 is 0 Å². The molecule has 1 aromatic heterocycles. The highest BCUT2D eigenvalue weighted by Gasteiger charge is 2.08. The number of carbonyl (C=O) groups excluding carboxylic acids is 1. The summed E-state index contributed by atoms with van der Waals surface area (Å²) in [6, 6.07) is 0. The molecule has 0 aromatic carbocycles. The van der Waals surface area contributed by atoms with Crippen LogP contribution in [0.15, 0.2) is 6.33 Å². The average molecular weight is 271 g/mol. The quantitative estimate of drug-likeness (QED) is 0.445. The molecule has 0 radical (unpaired) electrons. The third kappa shape index (κ3) is 4.23. The fourth-order valence-electron chi connectivity index (χ4n) is 1.67. The van der Waals surface area contributed by atoms with Gasteiger partial charge in [0.2, 0.25) is 0 Å². The largest absolute Gasteiger partial charge is 0.369 e. The Bertz CT molecular complexity index is 382. The van der Waals surface area contributed by atoms with Crippen molar-refractivity contribution in [1.29, 1.82) is 0 Å². The number of rotatable bonds is 8. The minimum Gasteiger partial charge on any atom is -0.369 e. The van der Waals surface area contributed by atoms with Crippen molar-refractivity contribution in [3.8, 4) is 0 Å². The van der Waals surface area contributed by atoms with E-state index in [1.54, 1.807) is 0 Å². The first-order valence-corrected chi connectivity index (χ1v) is 6.52. The van der Waals surface area contributed by atoms with Crippen molar-refractivity contribution in [3.05, 3.63) is 17.0 Å².